The van der Waals surface area contributed by atoms with Crippen LogP contribution in [0.3, 0.4) is 0 Å². The average Bonchev–Trinajstić information content (AvgIpc) is 2.83. The number of imide groups is 1. The highest BCUT2D eigenvalue weighted by Crippen LogP contribution is 2.22. The third-order valence-corrected chi connectivity index (χ3v) is 4.15. The summed E-state index contributed by atoms with van der Waals surface area (Å²) >= 11 is 0. The lowest BCUT2D eigenvalue weighted by Crippen LogP contribution is -2.37. The SMILES string of the molecule is COCCN(CC(C)C)C(=O)CCCN1C(=O)c2ccccc2C1=O. The summed E-state index contributed by atoms with van der Waals surface area (Å²) in [6.07, 6.45) is 0.774. The zero-order valence-electron chi connectivity index (χ0n) is 15.2. The Balaban J connectivity index is 1.88. The topological polar surface area (TPSA) is 66.9 Å². The molecule has 0 aliphatic carbocycles. The highest BCUT2D eigenvalue weighted by atomic mass is 16.5. The number of nitrogens with zero attached hydrogens (tertiary/aromatic N) is 2. The molecule has 1 aliphatic rings. The van der Waals surface area contributed by atoms with Gasteiger partial charge in [-0.15, -0.1) is 0 Å². The molecular formula is C19H26N2O4. The Morgan fingerprint density at radius 3 is 2.28 bits per heavy atom. The second kappa shape index (κ2) is 8.76. The molecule has 0 saturated carbocycles. The molecule has 0 atom stereocenters. The van der Waals surface area contributed by atoms with Crippen molar-refractivity contribution in [2.75, 3.05) is 33.4 Å². The standard InChI is InChI=1S/C19H26N2O4/c1-14(2)13-20(11-12-25-3)17(22)9-6-10-21-18(23)15-7-4-5-8-16(15)19(21)24/h4-5,7-8,14H,6,9-13H2,1-3H3. The predicted molar refractivity (Wildman–Crippen MR) is 94.3 cm³/mol. The Hall–Kier alpha value is -2.21. The first kappa shape index (κ1) is 19.1. The van der Waals surface area contributed by atoms with Gasteiger partial charge in [0, 0.05) is 33.2 Å². The first-order valence-corrected chi connectivity index (χ1v) is 8.67. The van der Waals surface area contributed by atoms with Gasteiger partial charge in [0.1, 0.15) is 0 Å². The van der Waals surface area contributed by atoms with Crippen molar-refractivity contribution >= 4 is 17.7 Å². The molecule has 2 rings (SSSR count). The molecular weight excluding hydrogens is 320 g/mol. The summed E-state index contributed by atoms with van der Waals surface area (Å²) in [5.74, 6) is -0.141. The second-order valence-corrected chi connectivity index (χ2v) is 6.64. The first-order chi connectivity index (χ1) is 12.0. The number of methoxy groups -OCH3 is 1. The zero-order valence-corrected chi connectivity index (χ0v) is 15.2. The Morgan fingerprint density at radius 1 is 1.16 bits per heavy atom. The quantitative estimate of drug-likeness (QED) is 0.643. The zero-order chi connectivity index (χ0) is 18.4. The highest BCUT2D eigenvalue weighted by Gasteiger charge is 2.34. The Bertz CT molecular complexity index is 607. The van der Waals surface area contributed by atoms with Gasteiger partial charge in [0.15, 0.2) is 0 Å². The molecule has 0 fully saturated rings. The Morgan fingerprint density at radius 2 is 1.76 bits per heavy atom. The van der Waals surface area contributed by atoms with Crippen LogP contribution >= 0.6 is 0 Å². The van der Waals surface area contributed by atoms with E-state index in [-0.39, 0.29) is 24.3 Å². The largest absolute Gasteiger partial charge is 0.383 e. The molecule has 0 N–H and O–H groups in total. The third-order valence-electron chi connectivity index (χ3n) is 4.15. The molecule has 0 radical (unpaired) electrons. The number of amides is 3. The molecule has 6 heteroatoms. The molecule has 1 aromatic rings. The lowest BCUT2D eigenvalue weighted by molar-refractivity contribution is -0.132. The summed E-state index contributed by atoms with van der Waals surface area (Å²) in [5, 5.41) is 0. The molecule has 3 amide bonds. The minimum Gasteiger partial charge on any atom is -0.383 e. The molecule has 0 spiro atoms. The smallest absolute Gasteiger partial charge is 0.261 e. The minimum absolute atomic E-state index is 0.0300. The van der Waals surface area contributed by atoms with E-state index in [0.717, 1.165) is 0 Å². The number of carbonyl (C=O) groups is 3. The van der Waals surface area contributed by atoms with Gasteiger partial charge in [-0.25, -0.2) is 0 Å². The van der Waals surface area contributed by atoms with E-state index in [2.05, 4.69) is 13.8 Å². The van der Waals surface area contributed by atoms with E-state index in [1.165, 1.54) is 4.90 Å². The monoisotopic (exact) mass is 346 g/mol. The van der Waals surface area contributed by atoms with Crippen LogP contribution in [-0.4, -0.2) is 60.9 Å². The van der Waals surface area contributed by atoms with Crippen molar-refractivity contribution in [3.05, 3.63) is 35.4 Å². The van der Waals surface area contributed by atoms with Crippen LogP contribution in [0.1, 0.15) is 47.4 Å². The van der Waals surface area contributed by atoms with Gasteiger partial charge in [-0.2, -0.15) is 0 Å². The van der Waals surface area contributed by atoms with Gasteiger partial charge in [-0.05, 0) is 24.5 Å². The molecule has 1 aromatic carbocycles. The normalized spacial score (nSPS) is 13.5. The molecule has 1 heterocycles. The minimum atomic E-state index is -0.272. The number of hydrogen-bond acceptors (Lipinski definition) is 4. The summed E-state index contributed by atoms with van der Waals surface area (Å²) in [4.78, 5) is 40.0. The fourth-order valence-electron chi connectivity index (χ4n) is 2.95. The molecule has 136 valence electrons. The summed E-state index contributed by atoms with van der Waals surface area (Å²) < 4.78 is 5.06. The van der Waals surface area contributed by atoms with Gasteiger partial charge >= 0.3 is 0 Å². The van der Waals surface area contributed by atoms with Gasteiger partial charge in [0.05, 0.1) is 17.7 Å². The van der Waals surface area contributed by atoms with Gasteiger partial charge < -0.3 is 9.64 Å². The maximum Gasteiger partial charge on any atom is 0.261 e. The third kappa shape index (κ3) is 4.66. The first-order valence-electron chi connectivity index (χ1n) is 8.67. The summed E-state index contributed by atoms with van der Waals surface area (Å²) in [6.45, 7) is 6.11. The van der Waals surface area contributed by atoms with Crippen LogP contribution in [0.15, 0.2) is 24.3 Å². The molecule has 0 aromatic heterocycles. The van der Waals surface area contributed by atoms with Crippen molar-refractivity contribution in [3.8, 4) is 0 Å². The number of hydrogen-bond donors (Lipinski definition) is 0. The molecule has 0 unspecified atom stereocenters. The van der Waals surface area contributed by atoms with E-state index >= 15 is 0 Å². The Labute approximate surface area is 148 Å². The fourth-order valence-corrected chi connectivity index (χ4v) is 2.95. The lowest BCUT2D eigenvalue weighted by atomic mass is 10.1. The van der Waals surface area contributed by atoms with E-state index in [1.807, 2.05) is 0 Å². The highest BCUT2D eigenvalue weighted by molar-refractivity contribution is 6.21. The van der Waals surface area contributed by atoms with Crippen molar-refractivity contribution in [1.29, 1.82) is 0 Å². The van der Waals surface area contributed by atoms with Crippen LogP contribution < -0.4 is 0 Å². The summed E-state index contributed by atoms with van der Waals surface area (Å²) in [5.41, 5.74) is 0.890. The van der Waals surface area contributed by atoms with Crippen molar-refractivity contribution in [1.82, 2.24) is 9.80 Å². The summed E-state index contributed by atoms with van der Waals surface area (Å²) in [7, 11) is 1.61. The van der Waals surface area contributed by atoms with E-state index < -0.39 is 0 Å². The molecule has 0 bridgehead atoms. The van der Waals surface area contributed by atoms with Crippen molar-refractivity contribution in [2.45, 2.75) is 26.7 Å². The van der Waals surface area contributed by atoms with Crippen molar-refractivity contribution in [3.63, 3.8) is 0 Å². The van der Waals surface area contributed by atoms with E-state index in [0.29, 0.717) is 49.6 Å². The van der Waals surface area contributed by atoms with Crippen LogP contribution in [0, 0.1) is 5.92 Å². The lowest BCUT2D eigenvalue weighted by Gasteiger charge is -2.24. The van der Waals surface area contributed by atoms with E-state index in [1.54, 1.807) is 36.3 Å². The van der Waals surface area contributed by atoms with Crippen LogP contribution in [0.25, 0.3) is 0 Å². The van der Waals surface area contributed by atoms with Gasteiger partial charge in [0.25, 0.3) is 11.8 Å². The van der Waals surface area contributed by atoms with Crippen molar-refractivity contribution in [2.24, 2.45) is 5.92 Å². The Kier molecular flexibility index (Phi) is 6.70. The van der Waals surface area contributed by atoms with Gasteiger partial charge in [-0.3, -0.25) is 19.3 Å². The van der Waals surface area contributed by atoms with Crippen LogP contribution in [-0.2, 0) is 9.53 Å². The molecule has 1 aliphatic heterocycles. The van der Waals surface area contributed by atoms with Gasteiger partial charge in [-0.1, -0.05) is 26.0 Å². The van der Waals surface area contributed by atoms with Crippen LogP contribution in [0.2, 0.25) is 0 Å². The number of fused-ring (bicyclic) bond motifs is 1. The molecule has 6 nitrogen and oxygen atoms in total. The number of rotatable bonds is 9. The van der Waals surface area contributed by atoms with Crippen LogP contribution in [0.5, 0.6) is 0 Å². The number of ether oxygens (including phenoxy) is 1. The predicted octanol–water partition coefficient (Wildman–Crippen LogP) is 2.19. The van der Waals surface area contributed by atoms with Crippen LogP contribution in [0.4, 0.5) is 0 Å². The molecule has 25 heavy (non-hydrogen) atoms. The maximum atomic E-state index is 12.4. The average molecular weight is 346 g/mol. The number of carbonyl (C=O) groups excluding carboxylic acids is 3. The second-order valence-electron chi connectivity index (χ2n) is 6.64. The fraction of sp³-hybridized carbons (Fsp3) is 0.526. The van der Waals surface area contributed by atoms with E-state index in [4.69, 9.17) is 4.74 Å². The summed E-state index contributed by atoms with van der Waals surface area (Å²) in [6, 6.07) is 6.82. The van der Waals surface area contributed by atoms with Gasteiger partial charge in [0.2, 0.25) is 5.91 Å². The van der Waals surface area contributed by atoms with Crippen molar-refractivity contribution < 1.29 is 19.1 Å². The van der Waals surface area contributed by atoms with E-state index in [9.17, 15) is 14.4 Å². The maximum absolute atomic E-state index is 12.4. The molecule has 0 saturated heterocycles. The number of benzene rings is 1.